The number of aromatic nitrogens is 3. The van der Waals surface area contributed by atoms with Crippen LogP contribution in [-0.4, -0.2) is 45.1 Å². The van der Waals surface area contributed by atoms with E-state index in [9.17, 15) is 19.5 Å². The van der Waals surface area contributed by atoms with Crippen molar-refractivity contribution >= 4 is 29.1 Å². The number of phenols is 1. The quantitative estimate of drug-likeness (QED) is 0.197. The Labute approximate surface area is 290 Å². The minimum absolute atomic E-state index is 0.0400. The standard InChI is InChI=1S/C38H31ClN4O7/c1-49-30-18-22(19-31(50-2)33(30)44)32-27-16-17-40-36(47)42(25-13-7-4-8-14-25)37(48)43(40)29(27)21-28-34(45)41(26-15-9-12-24(39)20-26)35(46)38(28,32)23-10-5-3-6-11-23/h3-16,18-20,28-29,32,44H,17,21H2,1-2H3/t28-,29+,32-,38+/m0/s1. The van der Waals surface area contributed by atoms with Gasteiger partial charge in [0.2, 0.25) is 17.6 Å². The second-order valence-electron chi connectivity index (χ2n) is 12.6. The summed E-state index contributed by atoms with van der Waals surface area (Å²) >= 11 is 6.39. The first-order valence-electron chi connectivity index (χ1n) is 16.1. The number of halogens is 1. The van der Waals surface area contributed by atoms with Crippen molar-refractivity contribution in [3.63, 3.8) is 0 Å². The molecule has 11 nitrogen and oxygen atoms in total. The van der Waals surface area contributed by atoms with Crippen molar-refractivity contribution in [2.24, 2.45) is 5.92 Å². The highest BCUT2D eigenvalue weighted by Gasteiger charge is 2.68. The Morgan fingerprint density at radius 3 is 2.08 bits per heavy atom. The highest BCUT2D eigenvalue weighted by atomic mass is 35.5. The number of para-hydroxylation sites is 1. The number of imide groups is 1. The van der Waals surface area contributed by atoms with Crippen LogP contribution in [0.3, 0.4) is 0 Å². The first kappa shape index (κ1) is 31.5. The summed E-state index contributed by atoms with van der Waals surface area (Å²) in [4.78, 5) is 59.6. The van der Waals surface area contributed by atoms with Crippen molar-refractivity contribution in [3.05, 3.63) is 146 Å². The van der Waals surface area contributed by atoms with Gasteiger partial charge in [0.05, 0.1) is 49.5 Å². The number of carbonyl (C=O) groups is 2. The lowest BCUT2D eigenvalue weighted by molar-refractivity contribution is -0.124. The van der Waals surface area contributed by atoms with E-state index in [0.29, 0.717) is 33.1 Å². The van der Waals surface area contributed by atoms with Gasteiger partial charge in [0.25, 0.3) is 0 Å². The van der Waals surface area contributed by atoms with Gasteiger partial charge < -0.3 is 14.6 Å². The van der Waals surface area contributed by atoms with Gasteiger partial charge in [0.1, 0.15) is 0 Å². The Morgan fingerprint density at radius 2 is 1.44 bits per heavy atom. The number of methoxy groups -OCH3 is 2. The summed E-state index contributed by atoms with van der Waals surface area (Å²) in [6, 6.07) is 26.8. The molecule has 0 spiro atoms. The molecule has 4 atom stereocenters. The average Bonchev–Trinajstić information content (AvgIpc) is 3.53. The first-order valence-corrected chi connectivity index (χ1v) is 16.4. The van der Waals surface area contributed by atoms with E-state index in [1.165, 1.54) is 28.5 Å². The van der Waals surface area contributed by atoms with Crippen LogP contribution in [0.1, 0.15) is 29.5 Å². The molecule has 0 unspecified atom stereocenters. The fourth-order valence-electron chi connectivity index (χ4n) is 8.26. The summed E-state index contributed by atoms with van der Waals surface area (Å²) in [5.41, 5.74) is -0.0926. The molecule has 252 valence electrons. The van der Waals surface area contributed by atoms with Crippen molar-refractivity contribution in [2.45, 2.75) is 30.3 Å². The number of fused-ring (bicyclic) bond motifs is 4. The van der Waals surface area contributed by atoms with Crippen molar-refractivity contribution in [1.82, 2.24) is 13.9 Å². The van der Waals surface area contributed by atoms with Crippen LogP contribution in [0.4, 0.5) is 5.69 Å². The molecule has 0 radical (unpaired) electrons. The van der Waals surface area contributed by atoms with Gasteiger partial charge in [-0.1, -0.05) is 72.3 Å². The summed E-state index contributed by atoms with van der Waals surface area (Å²) in [6.07, 6.45) is 1.92. The molecule has 2 amide bonds. The van der Waals surface area contributed by atoms with E-state index in [0.717, 1.165) is 4.57 Å². The lowest BCUT2D eigenvalue weighted by atomic mass is 9.53. The van der Waals surface area contributed by atoms with Gasteiger partial charge in [0, 0.05) is 10.9 Å². The fourth-order valence-corrected chi connectivity index (χ4v) is 8.44. The van der Waals surface area contributed by atoms with Gasteiger partial charge in [-0.3, -0.25) is 9.59 Å². The van der Waals surface area contributed by atoms with Crippen LogP contribution in [0.15, 0.2) is 118 Å². The number of carbonyl (C=O) groups excluding carboxylic acids is 2. The van der Waals surface area contributed by atoms with Crippen LogP contribution in [0.2, 0.25) is 5.02 Å². The average molecular weight is 691 g/mol. The zero-order valence-corrected chi connectivity index (χ0v) is 27.8. The number of amides is 2. The van der Waals surface area contributed by atoms with Crippen LogP contribution in [0.5, 0.6) is 17.2 Å². The number of phenolic OH excluding ortho intramolecular Hbond substituents is 1. The van der Waals surface area contributed by atoms with E-state index >= 15 is 4.79 Å². The molecule has 2 aliphatic heterocycles. The third-order valence-corrected chi connectivity index (χ3v) is 10.5. The smallest absolute Gasteiger partial charge is 0.352 e. The van der Waals surface area contributed by atoms with Gasteiger partial charge >= 0.3 is 11.4 Å². The number of allylic oxidation sites excluding steroid dienone is 2. The van der Waals surface area contributed by atoms with E-state index in [-0.39, 0.29) is 30.2 Å². The summed E-state index contributed by atoms with van der Waals surface area (Å²) < 4.78 is 15.1. The fraction of sp³-hybridized carbons (Fsp3) is 0.211. The number of benzene rings is 4. The molecular formula is C38H31ClN4O7. The van der Waals surface area contributed by atoms with Crippen molar-refractivity contribution in [3.8, 4) is 22.9 Å². The largest absolute Gasteiger partial charge is 0.502 e. The molecular weight excluding hydrogens is 660 g/mol. The van der Waals surface area contributed by atoms with E-state index in [1.54, 1.807) is 66.7 Å². The van der Waals surface area contributed by atoms with Gasteiger partial charge in [-0.05, 0) is 65.6 Å². The predicted molar refractivity (Wildman–Crippen MR) is 186 cm³/mol. The molecule has 5 aromatic rings. The Balaban J connectivity index is 1.44. The van der Waals surface area contributed by atoms with E-state index in [2.05, 4.69) is 0 Å². The van der Waals surface area contributed by atoms with Crippen LogP contribution >= 0.6 is 11.6 Å². The van der Waals surface area contributed by atoms with E-state index < -0.39 is 46.5 Å². The molecule has 4 aromatic carbocycles. The molecule has 1 aliphatic carbocycles. The Bertz CT molecular complexity index is 2320. The van der Waals surface area contributed by atoms with Gasteiger partial charge in [-0.25, -0.2) is 28.4 Å². The maximum absolute atomic E-state index is 15.4. The van der Waals surface area contributed by atoms with Gasteiger partial charge in [0.15, 0.2) is 11.5 Å². The summed E-state index contributed by atoms with van der Waals surface area (Å²) in [7, 11) is 2.82. The molecule has 8 rings (SSSR count). The number of rotatable bonds is 6. The predicted octanol–water partition coefficient (Wildman–Crippen LogP) is 4.97. The molecule has 1 aromatic heterocycles. The molecule has 50 heavy (non-hydrogen) atoms. The number of ether oxygens (including phenoxy) is 2. The zero-order chi connectivity index (χ0) is 34.9. The monoisotopic (exact) mass is 690 g/mol. The Hall–Kier alpha value is -5.81. The molecule has 3 aliphatic rings. The van der Waals surface area contributed by atoms with Crippen molar-refractivity contribution in [1.29, 1.82) is 0 Å². The van der Waals surface area contributed by atoms with Gasteiger partial charge in [-0.15, -0.1) is 0 Å². The lowest BCUT2D eigenvalue weighted by Gasteiger charge is -2.49. The first-order chi connectivity index (χ1) is 24.2. The topological polar surface area (TPSA) is 125 Å². The van der Waals surface area contributed by atoms with Crippen molar-refractivity contribution < 1.29 is 24.2 Å². The Morgan fingerprint density at radius 1 is 0.800 bits per heavy atom. The second-order valence-corrected chi connectivity index (χ2v) is 13.0. The molecule has 3 heterocycles. The van der Waals surface area contributed by atoms with Crippen molar-refractivity contribution in [2.75, 3.05) is 19.1 Å². The molecule has 1 N–H and O–H groups in total. The van der Waals surface area contributed by atoms with E-state index in [1.807, 2.05) is 36.4 Å². The summed E-state index contributed by atoms with van der Waals surface area (Å²) in [6.45, 7) is 0.0400. The van der Waals surface area contributed by atoms with Crippen LogP contribution in [0, 0.1) is 5.92 Å². The maximum Gasteiger partial charge on any atom is 0.352 e. The number of nitrogens with zero attached hydrogens (tertiary/aromatic N) is 4. The molecule has 2 fully saturated rings. The molecule has 12 heteroatoms. The SMILES string of the molecule is COc1cc([C@H]2C3=CCn4c(=O)n(-c5ccccc5)c(=O)n4[C@@H]3C[C@H]3C(=O)N(c4cccc(Cl)c4)C(=O)[C@@]23c2ccccc2)cc(OC)c1O. The second kappa shape index (κ2) is 11.7. The van der Waals surface area contributed by atoms with Crippen LogP contribution < -0.4 is 25.8 Å². The molecule has 0 bridgehead atoms. The third-order valence-electron chi connectivity index (χ3n) is 10.3. The normalized spacial score (nSPS) is 22.4. The zero-order valence-electron chi connectivity index (χ0n) is 27.0. The third kappa shape index (κ3) is 4.29. The number of hydrogen-bond acceptors (Lipinski definition) is 7. The molecule has 1 saturated carbocycles. The Kier molecular flexibility index (Phi) is 7.34. The number of anilines is 1. The maximum atomic E-state index is 15.4. The van der Waals surface area contributed by atoms with Gasteiger partial charge in [-0.2, -0.15) is 0 Å². The van der Waals surface area contributed by atoms with E-state index in [4.69, 9.17) is 21.1 Å². The summed E-state index contributed by atoms with van der Waals surface area (Å²) in [5.74, 6) is -2.83. The minimum Gasteiger partial charge on any atom is -0.502 e. The highest BCUT2D eigenvalue weighted by Crippen LogP contribution is 2.63. The lowest BCUT2D eigenvalue weighted by Crippen LogP contribution is -2.53. The summed E-state index contributed by atoms with van der Waals surface area (Å²) in [5, 5.41) is 11.3. The number of hydrogen-bond donors (Lipinski definition) is 1. The number of aromatic hydroxyl groups is 1. The minimum atomic E-state index is -1.52. The highest BCUT2D eigenvalue weighted by molar-refractivity contribution is 6.32. The molecule has 1 saturated heterocycles. The van der Waals surface area contributed by atoms with Crippen LogP contribution in [-0.2, 0) is 21.5 Å². The van der Waals surface area contributed by atoms with Crippen LogP contribution in [0.25, 0.3) is 5.69 Å².